The van der Waals surface area contributed by atoms with E-state index in [0.29, 0.717) is 24.3 Å². The van der Waals surface area contributed by atoms with Crippen molar-refractivity contribution >= 4 is 11.7 Å². The number of rotatable bonds is 0. The summed E-state index contributed by atoms with van der Waals surface area (Å²) in [6.45, 7) is -0.140. The summed E-state index contributed by atoms with van der Waals surface area (Å²) in [6.07, 6.45) is 2.29. The van der Waals surface area contributed by atoms with E-state index in [4.69, 9.17) is 5.21 Å². The van der Waals surface area contributed by atoms with Crippen LogP contribution in [0.2, 0.25) is 0 Å². The van der Waals surface area contributed by atoms with Gasteiger partial charge in [-0.15, -0.1) is 0 Å². The monoisotopic (exact) mass is 157 g/mol. The molecule has 1 aliphatic rings. The van der Waals surface area contributed by atoms with Gasteiger partial charge in [-0.05, 0) is 12.8 Å². The molecule has 1 aliphatic heterocycles. The van der Waals surface area contributed by atoms with Crippen molar-refractivity contribution in [1.29, 1.82) is 0 Å². The number of nitrogens with zero attached hydrogens (tertiary/aromatic N) is 1. The van der Waals surface area contributed by atoms with Gasteiger partial charge in [-0.25, -0.2) is 5.06 Å². The molecule has 0 aromatic heterocycles. The van der Waals surface area contributed by atoms with Gasteiger partial charge in [0.25, 0.3) is 0 Å². The SMILES string of the molecule is O=C1CCCCC(=O)N(O)C1. The van der Waals surface area contributed by atoms with Gasteiger partial charge >= 0.3 is 0 Å². The molecule has 0 atom stereocenters. The molecule has 1 rings (SSSR count). The lowest BCUT2D eigenvalue weighted by molar-refractivity contribution is -0.169. The Morgan fingerprint density at radius 1 is 1.18 bits per heavy atom. The van der Waals surface area contributed by atoms with Crippen LogP contribution >= 0.6 is 0 Å². The highest BCUT2D eigenvalue weighted by Gasteiger charge is 2.17. The van der Waals surface area contributed by atoms with Crippen molar-refractivity contribution in [3.63, 3.8) is 0 Å². The largest absolute Gasteiger partial charge is 0.298 e. The summed E-state index contributed by atoms with van der Waals surface area (Å²) in [5.74, 6) is -0.418. The molecule has 1 amide bonds. The molecule has 0 radical (unpaired) electrons. The topological polar surface area (TPSA) is 57.6 Å². The number of hydrogen-bond acceptors (Lipinski definition) is 3. The molecule has 62 valence electrons. The maximum absolute atomic E-state index is 10.8. The minimum atomic E-state index is -0.349. The Hall–Kier alpha value is -0.900. The fraction of sp³-hybridized carbons (Fsp3) is 0.714. The summed E-state index contributed by atoms with van der Waals surface area (Å²) in [5.41, 5.74) is 0. The van der Waals surface area contributed by atoms with E-state index in [1.165, 1.54) is 0 Å². The Bertz CT molecular complexity index is 179. The molecule has 4 heteroatoms. The number of ketones is 1. The van der Waals surface area contributed by atoms with E-state index >= 15 is 0 Å². The zero-order valence-corrected chi connectivity index (χ0v) is 6.25. The smallest absolute Gasteiger partial charge is 0.246 e. The van der Waals surface area contributed by atoms with Crippen molar-refractivity contribution in [3.05, 3.63) is 0 Å². The summed E-state index contributed by atoms with van der Waals surface area (Å²) < 4.78 is 0. The van der Waals surface area contributed by atoms with E-state index in [1.807, 2.05) is 0 Å². The van der Waals surface area contributed by atoms with Crippen molar-refractivity contribution in [3.8, 4) is 0 Å². The van der Waals surface area contributed by atoms with E-state index in [1.54, 1.807) is 0 Å². The maximum Gasteiger partial charge on any atom is 0.246 e. The van der Waals surface area contributed by atoms with Crippen molar-refractivity contribution in [2.45, 2.75) is 25.7 Å². The molecule has 0 aromatic rings. The average Bonchev–Trinajstić information content (AvgIpc) is 1.95. The fourth-order valence-corrected chi connectivity index (χ4v) is 1.06. The van der Waals surface area contributed by atoms with Crippen molar-refractivity contribution in [2.24, 2.45) is 0 Å². The van der Waals surface area contributed by atoms with E-state index in [2.05, 4.69) is 0 Å². The lowest BCUT2D eigenvalue weighted by atomic mass is 10.1. The van der Waals surface area contributed by atoms with Crippen LogP contribution in [-0.2, 0) is 9.59 Å². The molecule has 1 N–H and O–H groups in total. The van der Waals surface area contributed by atoms with Gasteiger partial charge in [-0.1, -0.05) is 0 Å². The molecule has 1 heterocycles. The molecular formula is C7H11NO3. The summed E-state index contributed by atoms with van der Waals surface area (Å²) in [4.78, 5) is 21.7. The third-order valence-electron chi connectivity index (χ3n) is 1.71. The Kier molecular flexibility index (Phi) is 2.59. The van der Waals surface area contributed by atoms with Crippen LogP contribution in [-0.4, -0.2) is 28.5 Å². The van der Waals surface area contributed by atoms with Crippen LogP contribution in [0.15, 0.2) is 0 Å². The first-order valence-corrected chi connectivity index (χ1v) is 3.71. The van der Waals surface area contributed by atoms with E-state index < -0.39 is 0 Å². The minimum Gasteiger partial charge on any atom is -0.298 e. The van der Waals surface area contributed by atoms with Crippen LogP contribution in [0.4, 0.5) is 0 Å². The second kappa shape index (κ2) is 3.48. The Morgan fingerprint density at radius 3 is 2.55 bits per heavy atom. The molecule has 0 bridgehead atoms. The lowest BCUT2D eigenvalue weighted by Gasteiger charge is -2.16. The number of Topliss-reactive ketones (excluding diaryl/α,β-unsaturated/α-hetero) is 1. The highest BCUT2D eigenvalue weighted by atomic mass is 16.5. The van der Waals surface area contributed by atoms with Gasteiger partial charge in [-0.2, -0.15) is 0 Å². The van der Waals surface area contributed by atoms with Crippen LogP contribution < -0.4 is 0 Å². The maximum atomic E-state index is 10.8. The molecule has 0 saturated carbocycles. The van der Waals surface area contributed by atoms with Gasteiger partial charge in [0, 0.05) is 12.8 Å². The van der Waals surface area contributed by atoms with Gasteiger partial charge < -0.3 is 0 Å². The summed E-state index contributed by atoms with van der Waals surface area (Å²) in [7, 11) is 0. The molecule has 11 heavy (non-hydrogen) atoms. The van der Waals surface area contributed by atoms with E-state index in [-0.39, 0.29) is 18.2 Å². The second-order valence-corrected chi connectivity index (χ2v) is 2.70. The fourth-order valence-electron chi connectivity index (χ4n) is 1.06. The van der Waals surface area contributed by atoms with Gasteiger partial charge in [0.05, 0.1) is 0 Å². The van der Waals surface area contributed by atoms with Crippen molar-refractivity contribution in [2.75, 3.05) is 6.54 Å². The standard InChI is InChI=1S/C7H11NO3/c9-6-3-1-2-4-7(10)8(11)5-6/h11H,1-5H2. The number of carbonyl (C=O) groups is 2. The first-order chi connectivity index (χ1) is 5.20. The predicted molar refractivity (Wildman–Crippen MR) is 37.0 cm³/mol. The molecule has 4 nitrogen and oxygen atoms in total. The quantitative estimate of drug-likeness (QED) is 0.516. The third kappa shape index (κ3) is 2.31. The van der Waals surface area contributed by atoms with Crippen molar-refractivity contribution in [1.82, 2.24) is 5.06 Å². The van der Waals surface area contributed by atoms with Crippen LogP contribution in [0, 0.1) is 0 Å². The Balaban J connectivity index is 2.51. The van der Waals surface area contributed by atoms with Crippen molar-refractivity contribution < 1.29 is 14.8 Å². The molecule has 0 spiro atoms. The highest BCUT2D eigenvalue weighted by molar-refractivity contribution is 5.86. The average molecular weight is 157 g/mol. The normalized spacial score (nSPS) is 21.4. The third-order valence-corrected chi connectivity index (χ3v) is 1.71. The zero-order valence-electron chi connectivity index (χ0n) is 6.25. The first-order valence-electron chi connectivity index (χ1n) is 3.71. The Morgan fingerprint density at radius 2 is 1.82 bits per heavy atom. The van der Waals surface area contributed by atoms with E-state index in [0.717, 1.165) is 6.42 Å². The number of amides is 1. The molecule has 0 aromatic carbocycles. The zero-order chi connectivity index (χ0) is 8.27. The second-order valence-electron chi connectivity index (χ2n) is 2.70. The van der Waals surface area contributed by atoms with Crippen LogP contribution in [0.1, 0.15) is 25.7 Å². The van der Waals surface area contributed by atoms with Gasteiger partial charge in [0.15, 0.2) is 5.78 Å². The van der Waals surface area contributed by atoms with Gasteiger partial charge in [0.2, 0.25) is 5.91 Å². The number of carbonyl (C=O) groups excluding carboxylic acids is 2. The first kappa shape index (κ1) is 8.20. The molecule has 0 unspecified atom stereocenters. The molecule has 1 saturated heterocycles. The number of hydroxylamine groups is 2. The van der Waals surface area contributed by atoms with Crippen LogP contribution in [0.25, 0.3) is 0 Å². The molecule has 1 fully saturated rings. The molecule has 0 aliphatic carbocycles. The Labute approximate surface area is 64.8 Å². The van der Waals surface area contributed by atoms with E-state index in [9.17, 15) is 9.59 Å². The minimum absolute atomic E-state index is 0.0689. The summed E-state index contributed by atoms with van der Waals surface area (Å²) >= 11 is 0. The van der Waals surface area contributed by atoms with Gasteiger partial charge in [0.1, 0.15) is 6.54 Å². The van der Waals surface area contributed by atoms with Crippen LogP contribution in [0.5, 0.6) is 0 Å². The van der Waals surface area contributed by atoms with Crippen LogP contribution in [0.3, 0.4) is 0 Å². The summed E-state index contributed by atoms with van der Waals surface area (Å²) in [6, 6.07) is 0. The molecular weight excluding hydrogens is 146 g/mol. The summed E-state index contributed by atoms with van der Waals surface area (Å²) in [5, 5.41) is 9.43. The number of hydrogen-bond donors (Lipinski definition) is 1. The highest BCUT2D eigenvalue weighted by Crippen LogP contribution is 2.07. The van der Waals surface area contributed by atoms with Gasteiger partial charge in [-0.3, -0.25) is 14.8 Å². The predicted octanol–water partition coefficient (Wildman–Crippen LogP) is 0.347. The lowest BCUT2D eigenvalue weighted by Crippen LogP contribution is -2.33.